The van der Waals surface area contributed by atoms with Gasteiger partial charge in [-0.1, -0.05) is 0 Å². The summed E-state index contributed by atoms with van der Waals surface area (Å²) in [7, 11) is 0. The lowest BCUT2D eigenvalue weighted by Crippen LogP contribution is -2.68. The Morgan fingerprint density at radius 3 is 2.83 bits per heavy atom. The molecule has 0 unspecified atom stereocenters. The number of carbonyl (C=O) groups is 3. The van der Waals surface area contributed by atoms with Crippen LogP contribution in [0.15, 0.2) is 11.3 Å². The molecule has 0 radical (unpaired) electrons. The van der Waals surface area contributed by atoms with E-state index in [1.165, 1.54) is 23.6 Å². The highest BCUT2D eigenvalue weighted by Gasteiger charge is 2.51. The van der Waals surface area contributed by atoms with Crippen molar-refractivity contribution in [1.82, 2.24) is 4.90 Å². The van der Waals surface area contributed by atoms with Crippen LogP contribution in [0.25, 0.3) is 0 Å². The molecule has 3 N–H and O–H groups in total. The standard InChI is InChI=1S/C10H12N2O5S/c1-4(13)17-2-5-3-18-9-6(11)8(14)12(9)7(5)10(15)16/h6,9H,2-3,11H2,1H3,(H,15,16)/t6-,9+/m1/s1. The number of nitrogens with zero attached hydrogens (tertiary/aromatic N) is 1. The fraction of sp³-hybridized carbons (Fsp3) is 0.500. The Morgan fingerprint density at radius 2 is 2.28 bits per heavy atom. The number of carboxylic acid groups (broad SMARTS) is 1. The van der Waals surface area contributed by atoms with Crippen LogP contribution >= 0.6 is 11.8 Å². The van der Waals surface area contributed by atoms with Crippen molar-refractivity contribution < 1.29 is 24.2 Å². The third-order valence-corrected chi connectivity index (χ3v) is 4.10. The summed E-state index contributed by atoms with van der Waals surface area (Å²) >= 11 is 1.37. The van der Waals surface area contributed by atoms with Gasteiger partial charge in [0.25, 0.3) is 0 Å². The Bertz CT molecular complexity index is 461. The third kappa shape index (κ3) is 1.97. The second-order valence-electron chi connectivity index (χ2n) is 3.97. The van der Waals surface area contributed by atoms with E-state index in [2.05, 4.69) is 0 Å². The largest absolute Gasteiger partial charge is 0.477 e. The lowest BCUT2D eigenvalue weighted by Gasteiger charge is -2.47. The molecule has 98 valence electrons. The van der Waals surface area contributed by atoms with Crippen molar-refractivity contribution in [3.05, 3.63) is 11.3 Å². The van der Waals surface area contributed by atoms with Crippen LogP contribution in [0.4, 0.5) is 0 Å². The predicted octanol–water partition coefficient (Wildman–Crippen LogP) is -0.869. The number of nitrogens with two attached hydrogens (primary N) is 1. The molecular weight excluding hydrogens is 260 g/mol. The Kier molecular flexibility index (Phi) is 3.31. The Morgan fingerprint density at radius 1 is 1.61 bits per heavy atom. The van der Waals surface area contributed by atoms with E-state index in [4.69, 9.17) is 15.6 Å². The highest BCUT2D eigenvalue weighted by Crippen LogP contribution is 2.39. The Labute approximate surface area is 107 Å². The average Bonchev–Trinajstić information content (AvgIpc) is 2.33. The van der Waals surface area contributed by atoms with E-state index in [1.807, 2.05) is 0 Å². The number of thioether (sulfide) groups is 1. The molecule has 2 heterocycles. The lowest BCUT2D eigenvalue weighted by atomic mass is 10.0. The quantitative estimate of drug-likeness (QED) is 0.507. The number of ether oxygens (including phenoxy) is 1. The monoisotopic (exact) mass is 272 g/mol. The van der Waals surface area contributed by atoms with Gasteiger partial charge in [0, 0.05) is 18.2 Å². The highest BCUT2D eigenvalue weighted by molar-refractivity contribution is 8.00. The van der Waals surface area contributed by atoms with Crippen molar-refractivity contribution in [3.63, 3.8) is 0 Å². The van der Waals surface area contributed by atoms with Crippen LogP contribution in [0.1, 0.15) is 6.92 Å². The summed E-state index contributed by atoms with van der Waals surface area (Å²) in [6, 6.07) is -0.653. The van der Waals surface area contributed by atoms with E-state index in [0.29, 0.717) is 11.3 Å². The van der Waals surface area contributed by atoms with E-state index < -0.39 is 23.9 Å². The molecule has 1 fully saturated rings. The molecule has 8 heteroatoms. The van der Waals surface area contributed by atoms with E-state index in [1.54, 1.807) is 0 Å². The van der Waals surface area contributed by atoms with Gasteiger partial charge in [-0.15, -0.1) is 11.8 Å². The maximum absolute atomic E-state index is 11.6. The van der Waals surface area contributed by atoms with Crippen LogP contribution in [0.5, 0.6) is 0 Å². The molecule has 18 heavy (non-hydrogen) atoms. The molecule has 2 atom stereocenters. The van der Waals surface area contributed by atoms with E-state index in [9.17, 15) is 14.4 Å². The van der Waals surface area contributed by atoms with Gasteiger partial charge in [0.2, 0.25) is 5.91 Å². The smallest absolute Gasteiger partial charge is 0.352 e. The van der Waals surface area contributed by atoms with Crippen molar-refractivity contribution in [2.75, 3.05) is 12.4 Å². The van der Waals surface area contributed by atoms with Gasteiger partial charge in [0.1, 0.15) is 23.7 Å². The number of hydrogen-bond donors (Lipinski definition) is 2. The first kappa shape index (κ1) is 12.9. The van der Waals surface area contributed by atoms with Crippen molar-refractivity contribution in [3.8, 4) is 0 Å². The number of hydrogen-bond acceptors (Lipinski definition) is 6. The normalized spacial score (nSPS) is 26.6. The molecule has 1 saturated heterocycles. The van der Waals surface area contributed by atoms with Crippen LogP contribution in [0.3, 0.4) is 0 Å². The molecule has 1 amide bonds. The summed E-state index contributed by atoms with van der Waals surface area (Å²) < 4.78 is 4.79. The summed E-state index contributed by atoms with van der Waals surface area (Å²) in [5.41, 5.74) is 5.90. The number of fused-ring (bicyclic) bond motifs is 1. The zero-order valence-electron chi connectivity index (χ0n) is 9.58. The van der Waals surface area contributed by atoms with Gasteiger partial charge in [-0.3, -0.25) is 14.5 Å². The first-order valence-electron chi connectivity index (χ1n) is 5.22. The van der Waals surface area contributed by atoms with Crippen LogP contribution in [0, 0.1) is 0 Å². The molecule has 2 aliphatic rings. The average molecular weight is 272 g/mol. The molecule has 0 aliphatic carbocycles. The van der Waals surface area contributed by atoms with Gasteiger partial charge in [-0.05, 0) is 0 Å². The fourth-order valence-electron chi connectivity index (χ4n) is 1.88. The van der Waals surface area contributed by atoms with Gasteiger partial charge in [-0.25, -0.2) is 4.79 Å². The number of carboxylic acids is 1. The zero-order chi connectivity index (χ0) is 13.4. The molecule has 0 spiro atoms. The number of rotatable bonds is 3. The third-order valence-electron chi connectivity index (χ3n) is 2.74. The minimum Gasteiger partial charge on any atom is -0.477 e. The predicted molar refractivity (Wildman–Crippen MR) is 62.4 cm³/mol. The van der Waals surface area contributed by atoms with Crippen LogP contribution in [-0.2, 0) is 19.1 Å². The molecular formula is C10H12N2O5S. The first-order valence-corrected chi connectivity index (χ1v) is 6.27. The van der Waals surface area contributed by atoms with Crippen LogP contribution in [-0.4, -0.2) is 51.6 Å². The summed E-state index contributed by atoms with van der Waals surface area (Å²) in [5, 5.41) is 8.83. The minimum absolute atomic E-state index is 0.105. The fourth-order valence-corrected chi connectivity index (χ4v) is 3.15. The number of β-lactam (4-membered cyclic amide) rings is 1. The molecule has 0 saturated carbocycles. The first-order chi connectivity index (χ1) is 8.43. The topological polar surface area (TPSA) is 110 Å². The zero-order valence-corrected chi connectivity index (χ0v) is 10.4. The Balaban J connectivity index is 2.26. The number of amides is 1. The molecule has 2 rings (SSSR count). The van der Waals surface area contributed by atoms with E-state index >= 15 is 0 Å². The highest BCUT2D eigenvalue weighted by atomic mass is 32.2. The number of esters is 1. The maximum Gasteiger partial charge on any atom is 0.352 e. The van der Waals surface area contributed by atoms with Crippen LogP contribution in [0.2, 0.25) is 0 Å². The maximum atomic E-state index is 11.6. The van der Waals surface area contributed by atoms with E-state index in [0.717, 1.165) is 0 Å². The van der Waals surface area contributed by atoms with Gasteiger partial charge < -0.3 is 15.6 Å². The van der Waals surface area contributed by atoms with E-state index in [-0.39, 0.29) is 17.7 Å². The molecule has 0 bridgehead atoms. The minimum atomic E-state index is -1.21. The van der Waals surface area contributed by atoms with Crippen molar-refractivity contribution in [1.29, 1.82) is 0 Å². The van der Waals surface area contributed by atoms with Gasteiger partial charge in [-0.2, -0.15) is 0 Å². The summed E-state index contributed by atoms with van der Waals surface area (Å²) in [6.45, 7) is 1.13. The molecule has 0 aromatic carbocycles. The summed E-state index contributed by atoms with van der Waals surface area (Å²) in [6.07, 6.45) is 0. The summed E-state index contributed by atoms with van der Waals surface area (Å²) in [4.78, 5) is 34.7. The molecule has 0 aromatic rings. The SMILES string of the molecule is CC(=O)OCC1=C(C(=O)O)N2C(=O)[C@@H](N)[C@@H]2SC1. The second-order valence-corrected chi connectivity index (χ2v) is 5.08. The number of carbonyl (C=O) groups excluding carboxylic acids is 2. The number of aliphatic carboxylic acids is 1. The van der Waals surface area contributed by atoms with Crippen molar-refractivity contribution in [2.45, 2.75) is 18.3 Å². The van der Waals surface area contributed by atoms with Gasteiger partial charge in [0.05, 0.1) is 0 Å². The second kappa shape index (κ2) is 4.62. The molecule has 7 nitrogen and oxygen atoms in total. The lowest BCUT2D eigenvalue weighted by molar-refractivity contribution is -0.148. The van der Waals surface area contributed by atoms with Gasteiger partial charge in [0.15, 0.2) is 0 Å². The van der Waals surface area contributed by atoms with Crippen molar-refractivity contribution >= 4 is 29.6 Å². The van der Waals surface area contributed by atoms with Crippen LogP contribution < -0.4 is 5.73 Å². The Hall–Kier alpha value is -1.54. The molecule has 2 aliphatic heterocycles. The van der Waals surface area contributed by atoms with Gasteiger partial charge >= 0.3 is 11.9 Å². The summed E-state index contributed by atoms with van der Waals surface area (Å²) in [5.74, 6) is -1.73. The molecule has 0 aromatic heterocycles. The van der Waals surface area contributed by atoms with Crippen molar-refractivity contribution in [2.24, 2.45) is 5.73 Å².